The first-order chi connectivity index (χ1) is 18.3. The Hall–Kier alpha value is -1.96. The molecule has 0 heterocycles. The molecule has 6 aliphatic rings. The standard InChI is InChI=1S/C36H48O2/c1-34-19-27-20-35(2,21-34)23-36(22-34,28-14-16-32(38)30(18-28)25-11-7-4-8-12-25)33(27)26-13-15-31(37)29(17-26)24-9-5-3-6-10-24/h13-18,24-25,27,33,37-38H,3-12,19-23H2,1-2H3. The Bertz CT molecular complexity index is 1180. The second-order valence-electron chi connectivity index (χ2n) is 15.2. The quantitative estimate of drug-likeness (QED) is 0.428. The van der Waals surface area contributed by atoms with Crippen molar-refractivity contribution in [2.45, 2.75) is 133 Å². The molecule has 3 atom stereocenters. The van der Waals surface area contributed by atoms with Crippen molar-refractivity contribution < 1.29 is 10.2 Å². The average Bonchev–Trinajstić information content (AvgIpc) is 2.89. The number of rotatable bonds is 4. The van der Waals surface area contributed by atoms with Crippen LogP contribution in [0.1, 0.15) is 150 Å². The normalized spacial score (nSPS) is 37.5. The van der Waals surface area contributed by atoms with Gasteiger partial charge in [-0.3, -0.25) is 0 Å². The van der Waals surface area contributed by atoms with Gasteiger partial charge >= 0.3 is 0 Å². The third-order valence-corrected chi connectivity index (χ3v) is 12.0. The summed E-state index contributed by atoms with van der Waals surface area (Å²) in [5, 5.41) is 22.0. The van der Waals surface area contributed by atoms with Crippen LogP contribution < -0.4 is 0 Å². The van der Waals surface area contributed by atoms with E-state index in [0.717, 1.165) is 0 Å². The van der Waals surface area contributed by atoms with Crippen LogP contribution >= 0.6 is 0 Å². The molecule has 8 rings (SSSR count). The molecule has 2 heteroatoms. The van der Waals surface area contributed by atoms with Crippen LogP contribution in [0, 0.1) is 16.7 Å². The summed E-state index contributed by atoms with van der Waals surface area (Å²) < 4.78 is 0. The van der Waals surface area contributed by atoms with Crippen molar-refractivity contribution in [1.29, 1.82) is 0 Å². The van der Waals surface area contributed by atoms with Crippen LogP contribution in [-0.2, 0) is 5.41 Å². The molecule has 6 aliphatic carbocycles. The lowest BCUT2D eigenvalue weighted by atomic mass is 9.35. The van der Waals surface area contributed by atoms with Crippen molar-refractivity contribution in [3.05, 3.63) is 58.7 Å². The Morgan fingerprint density at radius 2 is 1.16 bits per heavy atom. The van der Waals surface area contributed by atoms with E-state index in [1.807, 2.05) is 12.1 Å². The number of aromatic hydroxyl groups is 2. The van der Waals surface area contributed by atoms with Gasteiger partial charge in [0.15, 0.2) is 0 Å². The van der Waals surface area contributed by atoms with Crippen molar-refractivity contribution >= 4 is 0 Å². The largest absolute Gasteiger partial charge is 0.508 e. The van der Waals surface area contributed by atoms with Crippen LogP contribution in [0.25, 0.3) is 0 Å². The number of phenols is 2. The number of phenolic OH excluding ortho intramolecular Hbond substituents is 2. The average molecular weight is 513 g/mol. The zero-order chi connectivity index (χ0) is 26.1. The Labute approximate surface area is 230 Å². The van der Waals surface area contributed by atoms with Crippen LogP contribution in [0.15, 0.2) is 36.4 Å². The topological polar surface area (TPSA) is 40.5 Å². The van der Waals surface area contributed by atoms with E-state index in [4.69, 9.17) is 0 Å². The van der Waals surface area contributed by atoms with Gasteiger partial charge in [0, 0.05) is 5.41 Å². The fraction of sp³-hybridized carbons (Fsp3) is 0.667. The Balaban J connectivity index is 1.35. The van der Waals surface area contributed by atoms with Crippen molar-refractivity contribution in [3.8, 4) is 11.5 Å². The highest BCUT2D eigenvalue weighted by molar-refractivity contribution is 5.49. The molecule has 2 nitrogen and oxygen atoms in total. The van der Waals surface area contributed by atoms with Crippen LogP contribution in [0.5, 0.6) is 11.5 Å². The Kier molecular flexibility index (Phi) is 5.95. The molecule has 3 unspecified atom stereocenters. The fourth-order valence-corrected chi connectivity index (χ4v) is 11.4. The van der Waals surface area contributed by atoms with Gasteiger partial charge in [-0.05, 0) is 127 Å². The van der Waals surface area contributed by atoms with Gasteiger partial charge in [0.25, 0.3) is 0 Å². The first-order valence-corrected chi connectivity index (χ1v) is 15.9. The van der Waals surface area contributed by atoms with E-state index in [-0.39, 0.29) is 5.41 Å². The van der Waals surface area contributed by atoms with Gasteiger partial charge in [-0.15, -0.1) is 0 Å². The molecule has 2 aromatic carbocycles. The van der Waals surface area contributed by atoms with Crippen LogP contribution in [0.2, 0.25) is 0 Å². The zero-order valence-electron chi connectivity index (χ0n) is 23.8. The monoisotopic (exact) mass is 512 g/mol. The molecular weight excluding hydrogens is 464 g/mol. The maximum Gasteiger partial charge on any atom is 0.119 e. The van der Waals surface area contributed by atoms with E-state index in [1.165, 1.54) is 119 Å². The van der Waals surface area contributed by atoms with Gasteiger partial charge in [0.1, 0.15) is 11.5 Å². The molecule has 2 N–H and O–H groups in total. The minimum atomic E-state index is 0.112. The molecule has 0 saturated heterocycles. The number of hydrogen-bond donors (Lipinski definition) is 2. The summed E-state index contributed by atoms with van der Waals surface area (Å²) in [6.07, 6.45) is 19.2. The van der Waals surface area contributed by atoms with E-state index in [1.54, 1.807) is 0 Å². The highest BCUT2D eigenvalue weighted by atomic mass is 16.3. The molecule has 0 aromatic heterocycles. The maximum absolute atomic E-state index is 11.0. The molecule has 6 fully saturated rings. The Morgan fingerprint density at radius 3 is 1.74 bits per heavy atom. The zero-order valence-corrected chi connectivity index (χ0v) is 23.8. The first kappa shape index (κ1) is 25.0. The lowest BCUT2D eigenvalue weighted by Crippen LogP contribution is -2.60. The summed E-state index contributed by atoms with van der Waals surface area (Å²) in [6.45, 7) is 5.16. The second kappa shape index (κ2) is 9.03. The fourth-order valence-electron chi connectivity index (χ4n) is 11.4. The molecule has 0 amide bonds. The van der Waals surface area contributed by atoms with E-state index in [9.17, 15) is 10.2 Å². The van der Waals surface area contributed by atoms with E-state index in [0.29, 0.717) is 46.0 Å². The predicted octanol–water partition coefficient (Wildman–Crippen LogP) is 9.83. The molecule has 4 bridgehead atoms. The molecule has 204 valence electrons. The summed E-state index contributed by atoms with van der Waals surface area (Å²) in [4.78, 5) is 0. The van der Waals surface area contributed by atoms with Gasteiger partial charge in [-0.1, -0.05) is 76.6 Å². The minimum Gasteiger partial charge on any atom is -0.508 e. The molecule has 38 heavy (non-hydrogen) atoms. The van der Waals surface area contributed by atoms with Crippen LogP contribution in [-0.4, -0.2) is 10.2 Å². The van der Waals surface area contributed by atoms with Gasteiger partial charge in [0.2, 0.25) is 0 Å². The van der Waals surface area contributed by atoms with Crippen LogP contribution in [0.3, 0.4) is 0 Å². The molecule has 0 radical (unpaired) electrons. The summed E-state index contributed by atoms with van der Waals surface area (Å²) in [7, 11) is 0. The molecule has 0 spiro atoms. The summed E-state index contributed by atoms with van der Waals surface area (Å²) in [6, 6.07) is 13.6. The summed E-state index contributed by atoms with van der Waals surface area (Å²) in [5.74, 6) is 3.24. The summed E-state index contributed by atoms with van der Waals surface area (Å²) >= 11 is 0. The van der Waals surface area contributed by atoms with E-state index in [2.05, 4.69) is 38.1 Å². The third kappa shape index (κ3) is 4.03. The van der Waals surface area contributed by atoms with Crippen molar-refractivity contribution in [2.75, 3.05) is 0 Å². The predicted molar refractivity (Wildman–Crippen MR) is 155 cm³/mol. The molecule has 2 aromatic rings. The highest BCUT2D eigenvalue weighted by Crippen LogP contribution is 2.74. The van der Waals surface area contributed by atoms with E-state index >= 15 is 0 Å². The van der Waals surface area contributed by atoms with E-state index < -0.39 is 0 Å². The smallest absolute Gasteiger partial charge is 0.119 e. The third-order valence-electron chi connectivity index (χ3n) is 12.0. The van der Waals surface area contributed by atoms with Crippen molar-refractivity contribution in [2.24, 2.45) is 16.7 Å². The van der Waals surface area contributed by atoms with Crippen molar-refractivity contribution in [1.82, 2.24) is 0 Å². The second-order valence-corrected chi connectivity index (χ2v) is 15.2. The highest BCUT2D eigenvalue weighted by Gasteiger charge is 2.65. The number of benzene rings is 2. The van der Waals surface area contributed by atoms with Gasteiger partial charge < -0.3 is 10.2 Å². The SMILES string of the molecule is CC12CC3CC(C)(C1)CC(c1ccc(O)c(C4CCCCC4)c1)(C2)C3c1ccc(O)c(C2CCCCC2)c1. The van der Waals surface area contributed by atoms with Crippen LogP contribution in [0.4, 0.5) is 0 Å². The maximum atomic E-state index is 11.0. The van der Waals surface area contributed by atoms with Gasteiger partial charge in [-0.25, -0.2) is 0 Å². The van der Waals surface area contributed by atoms with Gasteiger partial charge in [0.05, 0.1) is 0 Å². The molecule has 6 saturated carbocycles. The molecular formula is C36H48O2. The first-order valence-electron chi connectivity index (χ1n) is 15.9. The summed E-state index contributed by atoms with van der Waals surface area (Å²) in [5.41, 5.74) is 6.33. The minimum absolute atomic E-state index is 0.112. The molecule has 0 aliphatic heterocycles. The Morgan fingerprint density at radius 1 is 0.632 bits per heavy atom. The lowest BCUT2D eigenvalue weighted by molar-refractivity contribution is -0.125. The number of hydrogen-bond acceptors (Lipinski definition) is 2. The lowest BCUT2D eigenvalue weighted by Gasteiger charge is -2.69. The van der Waals surface area contributed by atoms with Gasteiger partial charge in [-0.2, -0.15) is 0 Å². The van der Waals surface area contributed by atoms with Crippen molar-refractivity contribution in [3.63, 3.8) is 0 Å².